The van der Waals surface area contributed by atoms with Crippen molar-refractivity contribution in [2.75, 3.05) is 6.61 Å². The Hall–Kier alpha value is -1.36. The zero-order valence-corrected chi connectivity index (χ0v) is 13.1. The van der Waals surface area contributed by atoms with Crippen LogP contribution in [-0.2, 0) is 6.42 Å². The van der Waals surface area contributed by atoms with Crippen molar-refractivity contribution in [1.82, 2.24) is 5.43 Å². The van der Waals surface area contributed by atoms with Crippen LogP contribution in [0.2, 0.25) is 0 Å². The van der Waals surface area contributed by atoms with Crippen molar-refractivity contribution in [2.45, 2.75) is 19.4 Å². The Morgan fingerprint density at radius 1 is 1.20 bits per heavy atom. The number of rotatable bonds is 6. The van der Waals surface area contributed by atoms with Crippen LogP contribution in [0.15, 0.2) is 53.0 Å². The predicted molar refractivity (Wildman–Crippen MR) is 85.5 cm³/mol. The third-order valence-corrected chi connectivity index (χ3v) is 3.62. The van der Waals surface area contributed by atoms with Crippen LogP contribution in [0.1, 0.15) is 24.1 Å². The van der Waals surface area contributed by atoms with E-state index in [0.717, 1.165) is 22.2 Å². The molecule has 2 aromatic carbocycles. The Morgan fingerprint density at radius 3 is 2.55 bits per heavy atom. The molecule has 3 nitrogen and oxygen atoms in total. The van der Waals surface area contributed by atoms with Crippen molar-refractivity contribution in [3.8, 4) is 5.75 Å². The van der Waals surface area contributed by atoms with Gasteiger partial charge in [0.1, 0.15) is 5.75 Å². The fraction of sp³-hybridized carbons (Fsp3) is 0.250. The van der Waals surface area contributed by atoms with E-state index in [1.54, 1.807) is 0 Å². The number of benzene rings is 2. The normalized spacial score (nSPS) is 12.2. The third kappa shape index (κ3) is 4.07. The summed E-state index contributed by atoms with van der Waals surface area (Å²) >= 11 is 3.49. The molecule has 2 aromatic rings. The molecule has 0 saturated carbocycles. The zero-order valence-electron chi connectivity index (χ0n) is 11.5. The Morgan fingerprint density at radius 2 is 1.95 bits per heavy atom. The molecule has 0 aliphatic heterocycles. The van der Waals surface area contributed by atoms with Crippen LogP contribution in [0, 0.1) is 0 Å². The van der Waals surface area contributed by atoms with Gasteiger partial charge in [-0.3, -0.25) is 11.3 Å². The lowest BCUT2D eigenvalue weighted by molar-refractivity contribution is 0.340. The van der Waals surface area contributed by atoms with E-state index in [1.807, 2.05) is 43.3 Å². The lowest BCUT2D eigenvalue weighted by atomic mass is 9.99. The van der Waals surface area contributed by atoms with Crippen molar-refractivity contribution in [3.05, 3.63) is 64.1 Å². The summed E-state index contributed by atoms with van der Waals surface area (Å²) in [6.45, 7) is 2.65. The molecule has 20 heavy (non-hydrogen) atoms. The maximum Gasteiger partial charge on any atom is 0.119 e. The fourth-order valence-corrected chi connectivity index (χ4v) is 2.58. The average molecular weight is 335 g/mol. The molecule has 0 amide bonds. The Balaban J connectivity index is 2.11. The molecule has 0 saturated heterocycles. The first-order chi connectivity index (χ1) is 9.72. The average Bonchev–Trinajstić information content (AvgIpc) is 2.46. The molecule has 0 spiro atoms. The minimum Gasteiger partial charge on any atom is -0.494 e. The van der Waals surface area contributed by atoms with Gasteiger partial charge in [-0.1, -0.05) is 40.2 Å². The number of hydrazine groups is 1. The molecule has 0 aliphatic rings. The number of hydrogen-bond donors (Lipinski definition) is 2. The van der Waals surface area contributed by atoms with Gasteiger partial charge in [0.15, 0.2) is 0 Å². The lowest BCUT2D eigenvalue weighted by Gasteiger charge is -2.17. The van der Waals surface area contributed by atoms with Gasteiger partial charge < -0.3 is 4.74 Å². The van der Waals surface area contributed by atoms with Gasteiger partial charge in [-0.05, 0) is 48.7 Å². The molecule has 0 aliphatic carbocycles. The van der Waals surface area contributed by atoms with Crippen molar-refractivity contribution >= 4 is 15.9 Å². The highest BCUT2D eigenvalue weighted by Crippen LogP contribution is 2.22. The molecule has 2 rings (SSSR count). The van der Waals surface area contributed by atoms with Gasteiger partial charge in [0.25, 0.3) is 0 Å². The van der Waals surface area contributed by atoms with E-state index in [0.29, 0.717) is 6.61 Å². The van der Waals surface area contributed by atoms with Gasteiger partial charge in [0.2, 0.25) is 0 Å². The highest BCUT2D eigenvalue weighted by molar-refractivity contribution is 9.10. The molecule has 1 unspecified atom stereocenters. The van der Waals surface area contributed by atoms with Gasteiger partial charge in [-0.15, -0.1) is 0 Å². The van der Waals surface area contributed by atoms with E-state index in [-0.39, 0.29) is 6.04 Å². The fourth-order valence-electron chi connectivity index (χ4n) is 2.14. The molecule has 0 heterocycles. The van der Waals surface area contributed by atoms with Crippen LogP contribution < -0.4 is 16.0 Å². The third-order valence-electron chi connectivity index (χ3n) is 3.12. The van der Waals surface area contributed by atoms with Crippen molar-refractivity contribution < 1.29 is 4.74 Å². The Bertz CT molecular complexity index is 542. The van der Waals surface area contributed by atoms with E-state index in [1.165, 1.54) is 5.56 Å². The standard InChI is InChI=1S/C16H19BrN2O/c1-2-20-15-8-6-13(7-9-15)16(19-18)11-12-4-3-5-14(17)10-12/h3-10,16,19H,2,11,18H2,1H3. The molecule has 0 fully saturated rings. The molecule has 0 aromatic heterocycles. The topological polar surface area (TPSA) is 47.3 Å². The quantitative estimate of drug-likeness (QED) is 0.626. The Kier molecular flexibility index (Phi) is 5.59. The summed E-state index contributed by atoms with van der Waals surface area (Å²) in [5.41, 5.74) is 5.26. The smallest absolute Gasteiger partial charge is 0.119 e. The van der Waals surface area contributed by atoms with Crippen LogP contribution >= 0.6 is 15.9 Å². The molecule has 0 radical (unpaired) electrons. The van der Waals surface area contributed by atoms with Gasteiger partial charge in [0, 0.05) is 10.5 Å². The summed E-state index contributed by atoms with van der Waals surface area (Å²) in [6, 6.07) is 16.4. The number of nitrogens with one attached hydrogen (secondary N) is 1. The summed E-state index contributed by atoms with van der Waals surface area (Å²) < 4.78 is 6.53. The predicted octanol–water partition coefficient (Wildman–Crippen LogP) is 3.59. The monoisotopic (exact) mass is 334 g/mol. The van der Waals surface area contributed by atoms with Gasteiger partial charge in [-0.25, -0.2) is 0 Å². The van der Waals surface area contributed by atoms with Crippen LogP contribution in [0.4, 0.5) is 0 Å². The molecule has 4 heteroatoms. The van der Waals surface area contributed by atoms with Crippen LogP contribution in [0.25, 0.3) is 0 Å². The van der Waals surface area contributed by atoms with Crippen LogP contribution in [-0.4, -0.2) is 6.61 Å². The first-order valence-corrected chi connectivity index (χ1v) is 7.45. The van der Waals surface area contributed by atoms with Gasteiger partial charge in [0.05, 0.1) is 6.61 Å². The minimum absolute atomic E-state index is 0.0833. The molecular formula is C16H19BrN2O. The highest BCUT2D eigenvalue weighted by Gasteiger charge is 2.11. The van der Waals surface area contributed by atoms with Crippen molar-refractivity contribution in [3.63, 3.8) is 0 Å². The number of hydrogen-bond acceptors (Lipinski definition) is 3. The molecule has 3 N–H and O–H groups in total. The second-order valence-corrected chi connectivity index (χ2v) is 5.47. The summed E-state index contributed by atoms with van der Waals surface area (Å²) in [5, 5.41) is 0. The molecule has 0 bridgehead atoms. The van der Waals surface area contributed by atoms with Gasteiger partial charge >= 0.3 is 0 Å². The summed E-state index contributed by atoms with van der Waals surface area (Å²) in [7, 11) is 0. The second-order valence-electron chi connectivity index (χ2n) is 4.56. The maximum atomic E-state index is 5.69. The summed E-state index contributed by atoms with van der Waals surface area (Å²) in [6.07, 6.45) is 0.837. The van der Waals surface area contributed by atoms with Crippen molar-refractivity contribution in [2.24, 2.45) is 5.84 Å². The zero-order chi connectivity index (χ0) is 14.4. The Labute approximate surface area is 128 Å². The first kappa shape index (κ1) is 15.0. The number of halogens is 1. The molecular weight excluding hydrogens is 316 g/mol. The summed E-state index contributed by atoms with van der Waals surface area (Å²) in [5.74, 6) is 6.58. The van der Waals surface area contributed by atoms with E-state index >= 15 is 0 Å². The van der Waals surface area contributed by atoms with Crippen LogP contribution in [0.5, 0.6) is 5.75 Å². The van der Waals surface area contributed by atoms with E-state index < -0.39 is 0 Å². The molecule has 1 atom stereocenters. The minimum atomic E-state index is 0.0833. The highest BCUT2D eigenvalue weighted by atomic mass is 79.9. The first-order valence-electron chi connectivity index (χ1n) is 6.66. The molecule has 106 valence electrons. The summed E-state index contributed by atoms with van der Waals surface area (Å²) in [4.78, 5) is 0. The van der Waals surface area contributed by atoms with Gasteiger partial charge in [-0.2, -0.15) is 0 Å². The van der Waals surface area contributed by atoms with E-state index in [2.05, 4.69) is 33.5 Å². The largest absolute Gasteiger partial charge is 0.494 e. The number of ether oxygens (including phenoxy) is 1. The van der Waals surface area contributed by atoms with E-state index in [9.17, 15) is 0 Å². The SMILES string of the molecule is CCOc1ccc(C(Cc2cccc(Br)c2)NN)cc1. The van der Waals surface area contributed by atoms with Crippen molar-refractivity contribution in [1.29, 1.82) is 0 Å². The lowest BCUT2D eigenvalue weighted by Crippen LogP contribution is -2.29. The van der Waals surface area contributed by atoms with E-state index in [4.69, 9.17) is 10.6 Å². The maximum absolute atomic E-state index is 5.69. The number of nitrogens with two attached hydrogens (primary N) is 1. The second kappa shape index (κ2) is 7.43. The van der Waals surface area contributed by atoms with Crippen LogP contribution in [0.3, 0.4) is 0 Å².